The Labute approximate surface area is 192 Å². The van der Waals surface area contributed by atoms with Crippen molar-refractivity contribution in [2.45, 2.75) is 106 Å². The van der Waals surface area contributed by atoms with E-state index in [4.69, 9.17) is 11.6 Å². The van der Waals surface area contributed by atoms with Crippen molar-refractivity contribution in [2.75, 3.05) is 17.4 Å². The first kappa shape index (κ1) is 27.6. The molecule has 0 saturated carbocycles. The highest BCUT2D eigenvalue weighted by Crippen LogP contribution is 2.52. The Morgan fingerprint density at radius 3 is 1.80 bits per heavy atom. The average Bonchev–Trinajstić information content (AvgIpc) is 2.74. The summed E-state index contributed by atoms with van der Waals surface area (Å²) in [4.78, 5) is 0. The van der Waals surface area contributed by atoms with Crippen LogP contribution in [-0.2, 0) is 17.4 Å². The van der Waals surface area contributed by atoms with Crippen LogP contribution in [0.3, 0.4) is 0 Å². The van der Waals surface area contributed by atoms with Crippen molar-refractivity contribution in [3.8, 4) is 0 Å². The summed E-state index contributed by atoms with van der Waals surface area (Å²) in [6.45, 7) is 13.3. The molecule has 174 valence electrons. The predicted octanol–water partition coefficient (Wildman–Crippen LogP) is 9.59. The second kappa shape index (κ2) is 14.6. The molecule has 0 bridgehead atoms. The highest BCUT2D eigenvalue weighted by atomic mass is 35.5. The lowest BCUT2D eigenvalue weighted by molar-refractivity contribution is 0.464. The Hall–Kier alpha value is -0.460. The van der Waals surface area contributed by atoms with Crippen LogP contribution in [0.4, 0.5) is 5.69 Å². The van der Waals surface area contributed by atoms with Gasteiger partial charge < -0.3 is 9.65 Å². The average molecular weight is 456 g/mol. The van der Waals surface area contributed by atoms with Gasteiger partial charge in [0.1, 0.15) is 0 Å². The van der Waals surface area contributed by atoms with Gasteiger partial charge in [-0.15, -0.1) is 0 Å². The van der Waals surface area contributed by atoms with Crippen LogP contribution in [0.5, 0.6) is 0 Å². The molecule has 0 aliphatic rings. The second-order valence-electron chi connectivity index (χ2n) is 8.97. The number of nitrogens with one attached hydrogen (secondary N) is 1. The molecule has 0 aliphatic carbocycles. The summed E-state index contributed by atoms with van der Waals surface area (Å²) in [5.41, 5.74) is 3.42. The lowest BCUT2D eigenvalue weighted by Crippen LogP contribution is -2.19. The van der Waals surface area contributed by atoms with Crippen LogP contribution in [0.1, 0.15) is 104 Å². The molecule has 0 fully saturated rings. The minimum absolute atomic E-state index is 0.529. The zero-order chi connectivity index (χ0) is 22.6. The summed E-state index contributed by atoms with van der Waals surface area (Å²) >= 11 is 6.56. The van der Waals surface area contributed by atoms with E-state index >= 15 is 0 Å². The Kier molecular flexibility index (Phi) is 13.4. The molecule has 0 amide bonds. The van der Waals surface area contributed by atoms with E-state index in [9.17, 15) is 4.57 Å². The van der Waals surface area contributed by atoms with E-state index in [1.165, 1.54) is 44.1 Å². The van der Waals surface area contributed by atoms with E-state index in [-0.39, 0.29) is 0 Å². The maximum atomic E-state index is 14.5. The molecule has 0 heterocycles. The molecule has 2 unspecified atom stereocenters. The lowest BCUT2D eigenvalue weighted by Gasteiger charge is -2.30. The van der Waals surface area contributed by atoms with Crippen molar-refractivity contribution in [3.05, 3.63) is 28.3 Å². The van der Waals surface area contributed by atoms with Crippen molar-refractivity contribution >= 4 is 24.6 Å². The number of hydrogen-bond acceptors (Lipinski definition) is 1. The maximum Gasteiger partial charge on any atom is 0.170 e. The molecule has 2 atom stereocenters. The van der Waals surface area contributed by atoms with Gasteiger partial charge in [0.05, 0.1) is 0 Å². The fraction of sp³-hybridized carbons (Fsp3) is 0.769. The van der Waals surface area contributed by atoms with Crippen molar-refractivity contribution < 1.29 is 4.57 Å². The van der Waals surface area contributed by atoms with Gasteiger partial charge in [-0.1, -0.05) is 97.7 Å². The number of hydrogen-bond donors (Lipinski definition) is 1. The van der Waals surface area contributed by atoms with Gasteiger partial charge in [-0.05, 0) is 54.7 Å². The summed E-state index contributed by atoms with van der Waals surface area (Å²) in [5, 5.41) is 4.48. The Morgan fingerprint density at radius 1 is 0.867 bits per heavy atom. The van der Waals surface area contributed by atoms with Gasteiger partial charge in [0.15, 0.2) is 7.29 Å². The zero-order valence-corrected chi connectivity index (χ0v) is 22.2. The molecule has 4 heteroatoms. The minimum atomic E-state index is -2.58. The van der Waals surface area contributed by atoms with Gasteiger partial charge in [0.2, 0.25) is 0 Å². The third-order valence-electron chi connectivity index (χ3n) is 6.58. The molecule has 1 rings (SSSR count). The van der Waals surface area contributed by atoms with E-state index in [1.54, 1.807) is 0 Å². The van der Waals surface area contributed by atoms with Crippen molar-refractivity contribution in [1.29, 1.82) is 0 Å². The summed E-state index contributed by atoms with van der Waals surface area (Å²) < 4.78 is 14.5. The SMILES string of the molecule is CCCCC(CC)CP(=O)(CC(CC)CCCC)Nc1c(CC)ccc(Cl)c1CC. The third-order valence-corrected chi connectivity index (χ3v) is 9.78. The number of unbranched alkanes of at least 4 members (excludes halogenated alkanes) is 2. The summed E-state index contributed by atoms with van der Waals surface area (Å²) in [5.74, 6) is 1.06. The van der Waals surface area contributed by atoms with Gasteiger partial charge >= 0.3 is 0 Å². The van der Waals surface area contributed by atoms with E-state index in [2.05, 4.69) is 52.7 Å². The van der Waals surface area contributed by atoms with Crippen LogP contribution >= 0.6 is 18.9 Å². The smallest absolute Gasteiger partial charge is 0.170 e. The molecular formula is C26H47ClNOP. The summed E-state index contributed by atoms with van der Waals surface area (Å²) in [7, 11) is -2.58. The van der Waals surface area contributed by atoms with Crippen LogP contribution < -0.4 is 5.09 Å². The minimum Gasteiger partial charge on any atom is -0.336 e. The molecule has 2 nitrogen and oxygen atoms in total. The fourth-order valence-corrected chi connectivity index (χ4v) is 8.35. The number of halogens is 1. The maximum absolute atomic E-state index is 14.5. The normalized spacial score (nSPS) is 15.6. The second-order valence-corrected chi connectivity index (χ2v) is 12.1. The molecule has 1 N–H and O–H groups in total. The molecule has 0 spiro atoms. The van der Waals surface area contributed by atoms with Gasteiger partial charge in [-0.3, -0.25) is 0 Å². The Morgan fingerprint density at radius 2 is 1.40 bits per heavy atom. The zero-order valence-electron chi connectivity index (χ0n) is 20.5. The van der Waals surface area contributed by atoms with Crippen LogP contribution in [0.2, 0.25) is 5.02 Å². The van der Waals surface area contributed by atoms with Crippen LogP contribution in [0.15, 0.2) is 12.1 Å². The van der Waals surface area contributed by atoms with Crippen molar-refractivity contribution in [1.82, 2.24) is 0 Å². The molecule has 0 aliphatic heterocycles. The summed E-state index contributed by atoms with van der Waals surface area (Å²) in [6.07, 6.45) is 12.8. The number of benzene rings is 1. The van der Waals surface area contributed by atoms with Crippen LogP contribution in [0.25, 0.3) is 0 Å². The molecular weight excluding hydrogens is 409 g/mol. The molecule has 0 radical (unpaired) electrons. The van der Waals surface area contributed by atoms with E-state index in [0.29, 0.717) is 11.8 Å². The lowest BCUT2D eigenvalue weighted by atomic mass is 10.0. The first-order valence-electron chi connectivity index (χ1n) is 12.5. The standard InChI is InChI=1S/C26H47ClNOP/c1-7-13-15-21(9-3)19-30(29,20-22(10-4)16-14-8-2)28-26-23(11-5)17-18-25(27)24(26)12-6/h17-18,21-22H,7-16,19-20H2,1-6H3,(H,28,29). The van der Waals surface area contributed by atoms with E-state index in [1.807, 2.05) is 6.07 Å². The highest BCUT2D eigenvalue weighted by Gasteiger charge is 2.30. The van der Waals surface area contributed by atoms with Crippen molar-refractivity contribution in [3.63, 3.8) is 0 Å². The summed E-state index contributed by atoms with van der Waals surface area (Å²) in [6, 6.07) is 4.11. The topological polar surface area (TPSA) is 29.1 Å². The van der Waals surface area contributed by atoms with Crippen molar-refractivity contribution in [2.24, 2.45) is 11.8 Å². The van der Waals surface area contributed by atoms with E-state index in [0.717, 1.165) is 54.3 Å². The van der Waals surface area contributed by atoms with Gasteiger partial charge in [-0.25, -0.2) is 0 Å². The van der Waals surface area contributed by atoms with E-state index < -0.39 is 7.29 Å². The Bertz CT molecular complexity index is 639. The quantitative estimate of drug-likeness (QED) is 0.251. The first-order chi connectivity index (χ1) is 14.4. The number of anilines is 1. The van der Waals surface area contributed by atoms with Gasteiger partial charge in [0, 0.05) is 23.0 Å². The highest BCUT2D eigenvalue weighted by molar-refractivity contribution is 7.65. The third kappa shape index (κ3) is 8.58. The molecule has 1 aromatic carbocycles. The number of rotatable bonds is 16. The molecule has 30 heavy (non-hydrogen) atoms. The largest absolute Gasteiger partial charge is 0.336 e. The number of aryl methyl sites for hydroxylation is 1. The fourth-order valence-electron chi connectivity index (χ4n) is 4.49. The van der Waals surface area contributed by atoms with Crippen LogP contribution in [0, 0.1) is 11.8 Å². The predicted molar refractivity (Wildman–Crippen MR) is 138 cm³/mol. The molecule has 0 saturated heterocycles. The monoisotopic (exact) mass is 455 g/mol. The van der Waals surface area contributed by atoms with Gasteiger partial charge in [0.25, 0.3) is 0 Å². The molecule has 1 aromatic rings. The molecule has 0 aromatic heterocycles. The van der Waals surface area contributed by atoms with Gasteiger partial charge in [-0.2, -0.15) is 0 Å². The van der Waals surface area contributed by atoms with Crippen LogP contribution in [-0.4, -0.2) is 12.3 Å². The first-order valence-corrected chi connectivity index (χ1v) is 15.0. The Balaban J connectivity index is 3.29.